The number of hydrogen-bond acceptors (Lipinski definition) is 3. The van der Waals surface area contributed by atoms with E-state index in [-0.39, 0.29) is 0 Å². The second kappa shape index (κ2) is 6.60. The van der Waals surface area contributed by atoms with Gasteiger partial charge in [0, 0.05) is 35.3 Å². The van der Waals surface area contributed by atoms with Crippen LogP contribution in [0.2, 0.25) is 5.02 Å². The topological polar surface area (TPSA) is 29.3 Å². The summed E-state index contributed by atoms with van der Waals surface area (Å²) in [5.41, 5.74) is 2.44. The van der Waals surface area contributed by atoms with Gasteiger partial charge in [0.1, 0.15) is 0 Å². The van der Waals surface area contributed by atoms with E-state index in [1.165, 1.54) is 5.56 Å². The van der Waals surface area contributed by atoms with E-state index in [2.05, 4.69) is 51.5 Å². The normalized spacial score (nSPS) is 12.9. The van der Waals surface area contributed by atoms with Crippen molar-refractivity contribution in [1.82, 2.24) is 14.7 Å². The van der Waals surface area contributed by atoms with Crippen LogP contribution in [0.15, 0.2) is 42.0 Å². The van der Waals surface area contributed by atoms with Gasteiger partial charge in [-0.15, -0.1) is 11.3 Å². The van der Waals surface area contributed by atoms with Gasteiger partial charge in [0.2, 0.25) is 0 Å². The Morgan fingerprint density at radius 1 is 1.29 bits per heavy atom. The average molecular weight is 320 g/mol. The molecule has 110 valence electrons. The lowest BCUT2D eigenvalue weighted by Crippen LogP contribution is -2.33. The molecule has 21 heavy (non-hydrogen) atoms. The maximum atomic E-state index is 5.94. The summed E-state index contributed by atoms with van der Waals surface area (Å²) in [6, 6.07) is 8.48. The molecule has 3 nitrogen and oxygen atoms in total. The lowest BCUT2D eigenvalue weighted by molar-refractivity contribution is 0.517. The molecule has 0 radical (unpaired) electrons. The molecule has 1 aromatic carbocycles. The second-order valence-corrected chi connectivity index (χ2v) is 6.42. The van der Waals surface area contributed by atoms with Crippen molar-refractivity contribution in [3.63, 3.8) is 0 Å². The number of nitrogens with one attached hydrogen (secondary N) is 1. The Morgan fingerprint density at radius 3 is 2.81 bits per heavy atom. The van der Waals surface area contributed by atoms with Gasteiger partial charge >= 0.3 is 0 Å². The predicted octanol–water partition coefficient (Wildman–Crippen LogP) is 3.81. The minimum Gasteiger partial charge on any atom is -0.314 e. The van der Waals surface area contributed by atoms with Gasteiger partial charge in [0.05, 0.1) is 5.69 Å². The molecular formula is C16H18ClN3S. The molecule has 1 unspecified atom stereocenters. The molecule has 3 rings (SSSR count). The lowest BCUT2D eigenvalue weighted by atomic mass is 10.0. The van der Waals surface area contributed by atoms with Crippen molar-refractivity contribution in [3.8, 4) is 0 Å². The van der Waals surface area contributed by atoms with Crippen LogP contribution in [-0.2, 0) is 12.8 Å². The van der Waals surface area contributed by atoms with Crippen molar-refractivity contribution in [2.24, 2.45) is 0 Å². The van der Waals surface area contributed by atoms with Gasteiger partial charge in [-0.25, -0.2) is 4.98 Å². The number of rotatable bonds is 6. The number of likely N-dealkylation sites (N-methyl/N-ethyl adjacent to an activating group) is 1. The largest absolute Gasteiger partial charge is 0.314 e. The summed E-state index contributed by atoms with van der Waals surface area (Å²) in [6.45, 7) is 3.10. The van der Waals surface area contributed by atoms with Crippen LogP contribution >= 0.6 is 22.9 Å². The van der Waals surface area contributed by atoms with Crippen molar-refractivity contribution in [2.75, 3.05) is 6.54 Å². The summed E-state index contributed by atoms with van der Waals surface area (Å²) in [4.78, 5) is 5.73. The third-order valence-corrected chi connectivity index (χ3v) is 4.51. The van der Waals surface area contributed by atoms with Crippen LogP contribution in [0.3, 0.4) is 0 Å². The zero-order valence-corrected chi connectivity index (χ0v) is 13.5. The zero-order chi connectivity index (χ0) is 14.7. The molecule has 0 fully saturated rings. The molecule has 5 heteroatoms. The van der Waals surface area contributed by atoms with E-state index in [4.69, 9.17) is 11.6 Å². The number of thiazole rings is 1. The van der Waals surface area contributed by atoms with E-state index in [1.807, 2.05) is 12.1 Å². The summed E-state index contributed by atoms with van der Waals surface area (Å²) in [5.74, 6) is 0. The Kier molecular flexibility index (Phi) is 4.58. The Morgan fingerprint density at radius 2 is 2.10 bits per heavy atom. The number of hydrogen-bond donors (Lipinski definition) is 1. The number of fused-ring (bicyclic) bond motifs is 1. The molecule has 2 aromatic heterocycles. The first kappa shape index (κ1) is 14.6. The van der Waals surface area contributed by atoms with Crippen LogP contribution in [0.5, 0.6) is 0 Å². The molecule has 0 spiro atoms. The Labute approximate surface area is 133 Å². The minimum atomic E-state index is 0.390. The molecule has 0 saturated heterocycles. The fourth-order valence-electron chi connectivity index (χ4n) is 2.54. The molecule has 0 bridgehead atoms. The van der Waals surface area contributed by atoms with Gasteiger partial charge < -0.3 is 5.32 Å². The second-order valence-electron chi connectivity index (χ2n) is 5.11. The Bertz CT molecular complexity index is 673. The van der Waals surface area contributed by atoms with Gasteiger partial charge in [-0.2, -0.15) is 0 Å². The molecule has 3 aromatic rings. The highest BCUT2D eigenvalue weighted by molar-refractivity contribution is 7.15. The number of imidazole rings is 1. The van der Waals surface area contributed by atoms with Gasteiger partial charge in [-0.1, -0.05) is 30.7 Å². The monoisotopic (exact) mass is 319 g/mol. The highest BCUT2D eigenvalue weighted by Crippen LogP contribution is 2.15. The fraction of sp³-hybridized carbons (Fsp3) is 0.312. The van der Waals surface area contributed by atoms with Crippen molar-refractivity contribution in [2.45, 2.75) is 25.8 Å². The Hall–Kier alpha value is -1.36. The fourth-order valence-corrected chi connectivity index (χ4v) is 3.38. The highest BCUT2D eigenvalue weighted by atomic mass is 35.5. The number of aromatic nitrogens is 2. The molecule has 0 aliphatic carbocycles. The van der Waals surface area contributed by atoms with Crippen LogP contribution in [0.25, 0.3) is 4.96 Å². The van der Waals surface area contributed by atoms with E-state index in [1.54, 1.807) is 11.3 Å². The molecule has 1 atom stereocenters. The molecule has 0 amide bonds. The van der Waals surface area contributed by atoms with Gasteiger partial charge in [0.25, 0.3) is 0 Å². The van der Waals surface area contributed by atoms with Crippen molar-refractivity contribution in [1.29, 1.82) is 0 Å². The molecular weight excluding hydrogens is 302 g/mol. The standard InChI is InChI=1S/C16H18ClN3S/c1-2-18-14(9-12-3-5-13(17)6-4-12)10-15-11-20-7-8-21-16(20)19-15/h3-8,11,14,18H,2,9-10H2,1H3. The molecule has 0 saturated carbocycles. The minimum absolute atomic E-state index is 0.390. The number of nitrogens with zero attached hydrogens (tertiary/aromatic N) is 2. The first-order chi connectivity index (χ1) is 10.2. The van der Waals surface area contributed by atoms with Gasteiger partial charge in [-0.05, 0) is 30.7 Å². The van der Waals surface area contributed by atoms with Crippen molar-refractivity contribution >= 4 is 27.9 Å². The SMILES string of the molecule is CCNC(Cc1ccc(Cl)cc1)Cc1cn2ccsc2n1. The third kappa shape index (κ3) is 3.64. The molecule has 0 aliphatic rings. The van der Waals surface area contributed by atoms with Crippen LogP contribution in [-0.4, -0.2) is 22.0 Å². The maximum absolute atomic E-state index is 5.94. The number of benzene rings is 1. The maximum Gasteiger partial charge on any atom is 0.193 e. The zero-order valence-electron chi connectivity index (χ0n) is 11.9. The molecule has 2 heterocycles. The summed E-state index contributed by atoms with van der Waals surface area (Å²) >= 11 is 7.62. The van der Waals surface area contributed by atoms with Crippen molar-refractivity contribution < 1.29 is 0 Å². The van der Waals surface area contributed by atoms with E-state index in [0.717, 1.165) is 35.1 Å². The highest BCUT2D eigenvalue weighted by Gasteiger charge is 2.12. The first-order valence-corrected chi connectivity index (χ1v) is 8.39. The van der Waals surface area contributed by atoms with E-state index >= 15 is 0 Å². The Balaban J connectivity index is 1.71. The van der Waals surface area contributed by atoms with Crippen LogP contribution in [0.1, 0.15) is 18.2 Å². The van der Waals surface area contributed by atoms with E-state index in [0.29, 0.717) is 6.04 Å². The first-order valence-electron chi connectivity index (χ1n) is 7.13. The van der Waals surface area contributed by atoms with Gasteiger partial charge in [-0.3, -0.25) is 4.40 Å². The third-order valence-electron chi connectivity index (χ3n) is 3.49. The van der Waals surface area contributed by atoms with Crippen molar-refractivity contribution in [3.05, 3.63) is 58.3 Å². The van der Waals surface area contributed by atoms with Crippen LogP contribution in [0.4, 0.5) is 0 Å². The summed E-state index contributed by atoms with van der Waals surface area (Å²) in [7, 11) is 0. The van der Waals surface area contributed by atoms with Crippen LogP contribution < -0.4 is 5.32 Å². The van der Waals surface area contributed by atoms with Gasteiger partial charge in [0.15, 0.2) is 4.96 Å². The summed E-state index contributed by atoms with van der Waals surface area (Å²) in [6.07, 6.45) is 6.09. The lowest BCUT2D eigenvalue weighted by Gasteiger charge is -2.17. The summed E-state index contributed by atoms with van der Waals surface area (Å²) in [5, 5.41) is 6.39. The molecule has 1 N–H and O–H groups in total. The van der Waals surface area contributed by atoms with E-state index < -0.39 is 0 Å². The van der Waals surface area contributed by atoms with Crippen LogP contribution in [0, 0.1) is 0 Å². The average Bonchev–Trinajstić information content (AvgIpc) is 3.02. The molecule has 0 aliphatic heterocycles. The smallest absolute Gasteiger partial charge is 0.193 e. The number of halogens is 1. The predicted molar refractivity (Wildman–Crippen MR) is 89.4 cm³/mol. The summed E-state index contributed by atoms with van der Waals surface area (Å²) < 4.78 is 2.09. The van der Waals surface area contributed by atoms with E-state index in [9.17, 15) is 0 Å². The quantitative estimate of drug-likeness (QED) is 0.748.